The lowest BCUT2D eigenvalue weighted by atomic mass is 9.95. The second kappa shape index (κ2) is 8.15. The van der Waals surface area contributed by atoms with Crippen molar-refractivity contribution in [1.29, 1.82) is 0 Å². The molecule has 19 heavy (non-hydrogen) atoms. The van der Waals surface area contributed by atoms with Crippen LogP contribution in [0.3, 0.4) is 0 Å². The highest BCUT2D eigenvalue weighted by molar-refractivity contribution is 5.79. The summed E-state index contributed by atoms with van der Waals surface area (Å²) in [6, 6.07) is 0. The highest BCUT2D eigenvalue weighted by Gasteiger charge is 2.29. The molecule has 2 fully saturated rings. The van der Waals surface area contributed by atoms with Crippen LogP contribution in [-0.2, 0) is 9.59 Å². The number of hydrogen-bond acceptors (Lipinski definition) is 3. The first-order chi connectivity index (χ1) is 9.20. The second-order valence-electron chi connectivity index (χ2n) is 5.04. The summed E-state index contributed by atoms with van der Waals surface area (Å²) >= 11 is 0. The van der Waals surface area contributed by atoms with Crippen LogP contribution in [0.25, 0.3) is 0 Å². The van der Waals surface area contributed by atoms with E-state index in [1.165, 1.54) is 0 Å². The molecule has 0 radical (unpaired) electrons. The zero-order valence-electron chi connectivity index (χ0n) is 12.5. The summed E-state index contributed by atoms with van der Waals surface area (Å²) in [4.78, 5) is 28.8. The monoisotopic (exact) mass is 269 g/mol. The molecule has 0 spiro atoms. The molecule has 2 heterocycles. The van der Waals surface area contributed by atoms with E-state index in [0.717, 1.165) is 58.5 Å². The lowest BCUT2D eigenvalue weighted by Gasteiger charge is -2.36. The highest BCUT2D eigenvalue weighted by Crippen LogP contribution is 2.19. The number of amides is 2. The molecule has 2 aliphatic heterocycles. The summed E-state index contributed by atoms with van der Waals surface area (Å²) in [5, 5.41) is 0. The van der Waals surface area contributed by atoms with Crippen LogP contribution in [0.5, 0.6) is 0 Å². The largest absolute Gasteiger partial charge is 0.345 e. The van der Waals surface area contributed by atoms with E-state index in [2.05, 4.69) is 11.9 Å². The van der Waals surface area contributed by atoms with Crippen LogP contribution in [0.4, 0.5) is 0 Å². The molecule has 0 unspecified atom stereocenters. The van der Waals surface area contributed by atoms with Crippen molar-refractivity contribution in [2.45, 2.75) is 26.7 Å². The summed E-state index contributed by atoms with van der Waals surface area (Å²) < 4.78 is 0. The van der Waals surface area contributed by atoms with Gasteiger partial charge in [0, 0.05) is 45.2 Å². The average molecular weight is 269 g/mol. The van der Waals surface area contributed by atoms with Crippen LogP contribution in [0.15, 0.2) is 0 Å². The van der Waals surface area contributed by atoms with E-state index in [9.17, 15) is 9.59 Å². The fourth-order valence-corrected chi connectivity index (χ4v) is 2.54. The predicted octanol–water partition coefficient (Wildman–Crippen LogP) is 0.655. The topological polar surface area (TPSA) is 43.9 Å². The van der Waals surface area contributed by atoms with Crippen molar-refractivity contribution < 1.29 is 9.59 Å². The Morgan fingerprint density at radius 1 is 1.00 bits per heavy atom. The Kier molecular flexibility index (Phi) is 6.84. The zero-order valence-corrected chi connectivity index (χ0v) is 12.5. The molecular weight excluding hydrogens is 242 g/mol. The molecule has 110 valence electrons. The van der Waals surface area contributed by atoms with Gasteiger partial charge in [-0.15, -0.1) is 0 Å². The fourth-order valence-electron chi connectivity index (χ4n) is 2.54. The predicted molar refractivity (Wildman–Crippen MR) is 75.8 cm³/mol. The smallest absolute Gasteiger partial charge is 0.225 e. The van der Waals surface area contributed by atoms with Crippen molar-refractivity contribution in [2.24, 2.45) is 5.92 Å². The maximum Gasteiger partial charge on any atom is 0.225 e. The van der Waals surface area contributed by atoms with Crippen LogP contribution < -0.4 is 0 Å². The first-order valence-electron chi connectivity index (χ1n) is 7.37. The van der Waals surface area contributed by atoms with Crippen molar-refractivity contribution in [3.63, 3.8) is 0 Å². The molecule has 2 rings (SSSR count). The maximum atomic E-state index is 12.3. The van der Waals surface area contributed by atoms with Crippen molar-refractivity contribution in [3.8, 4) is 0 Å². The Balaban J connectivity index is 0.000000861. The van der Waals surface area contributed by atoms with Crippen LogP contribution in [0.1, 0.15) is 26.7 Å². The Morgan fingerprint density at radius 3 is 2.00 bits per heavy atom. The summed E-state index contributed by atoms with van der Waals surface area (Å²) in [5.41, 5.74) is 0. The SMILES string of the molecule is CC.CN1CCN(C(=O)C2CCN(C=O)CC2)CC1. The van der Waals surface area contributed by atoms with E-state index < -0.39 is 0 Å². The van der Waals surface area contributed by atoms with Gasteiger partial charge in [0.25, 0.3) is 0 Å². The van der Waals surface area contributed by atoms with Gasteiger partial charge in [0.1, 0.15) is 0 Å². The van der Waals surface area contributed by atoms with Gasteiger partial charge >= 0.3 is 0 Å². The molecule has 0 bridgehead atoms. The number of carbonyl (C=O) groups excluding carboxylic acids is 2. The van der Waals surface area contributed by atoms with E-state index in [-0.39, 0.29) is 5.92 Å². The number of carbonyl (C=O) groups is 2. The van der Waals surface area contributed by atoms with Gasteiger partial charge in [-0.25, -0.2) is 0 Å². The molecule has 0 saturated carbocycles. The third-order valence-corrected chi connectivity index (χ3v) is 3.84. The Bertz CT molecular complexity index is 280. The second-order valence-corrected chi connectivity index (χ2v) is 5.04. The van der Waals surface area contributed by atoms with Gasteiger partial charge < -0.3 is 14.7 Å². The summed E-state index contributed by atoms with van der Waals surface area (Å²) in [6.07, 6.45) is 2.53. The number of piperazine rings is 1. The maximum absolute atomic E-state index is 12.3. The lowest BCUT2D eigenvalue weighted by molar-refractivity contribution is -0.139. The number of rotatable bonds is 2. The minimum Gasteiger partial charge on any atom is -0.345 e. The minimum absolute atomic E-state index is 0.134. The van der Waals surface area contributed by atoms with Crippen LogP contribution in [0, 0.1) is 5.92 Å². The van der Waals surface area contributed by atoms with E-state index in [1.54, 1.807) is 4.90 Å². The van der Waals surface area contributed by atoms with E-state index >= 15 is 0 Å². The Hall–Kier alpha value is -1.10. The van der Waals surface area contributed by atoms with Crippen molar-refractivity contribution in [2.75, 3.05) is 46.3 Å². The van der Waals surface area contributed by atoms with Crippen LogP contribution in [-0.4, -0.2) is 73.3 Å². The molecule has 0 aliphatic carbocycles. The van der Waals surface area contributed by atoms with Gasteiger partial charge in [-0.05, 0) is 19.9 Å². The molecule has 0 aromatic rings. The van der Waals surface area contributed by atoms with Gasteiger partial charge in [0.2, 0.25) is 12.3 Å². The number of likely N-dealkylation sites (tertiary alicyclic amines) is 1. The molecule has 5 nitrogen and oxygen atoms in total. The van der Waals surface area contributed by atoms with Gasteiger partial charge in [-0.2, -0.15) is 0 Å². The van der Waals surface area contributed by atoms with E-state index in [0.29, 0.717) is 5.91 Å². The summed E-state index contributed by atoms with van der Waals surface area (Å²) in [7, 11) is 2.09. The number of nitrogens with zero attached hydrogens (tertiary/aromatic N) is 3. The number of piperidine rings is 1. The summed E-state index contributed by atoms with van der Waals surface area (Å²) in [5.74, 6) is 0.429. The van der Waals surface area contributed by atoms with Crippen LogP contribution >= 0.6 is 0 Å². The van der Waals surface area contributed by atoms with Crippen molar-refractivity contribution in [1.82, 2.24) is 14.7 Å². The molecule has 0 aromatic carbocycles. The van der Waals surface area contributed by atoms with E-state index in [1.807, 2.05) is 18.7 Å². The molecule has 5 heteroatoms. The van der Waals surface area contributed by atoms with Crippen molar-refractivity contribution in [3.05, 3.63) is 0 Å². The lowest BCUT2D eigenvalue weighted by Crippen LogP contribution is -2.50. The first-order valence-corrected chi connectivity index (χ1v) is 7.37. The first kappa shape index (κ1) is 16.0. The normalized spacial score (nSPS) is 21.6. The van der Waals surface area contributed by atoms with Gasteiger partial charge in [-0.1, -0.05) is 13.8 Å². The molecule has 0 aromatic heterocycles. The van der Waals surface area contributed by atoms with Crippen molar-refractivity contribution >= 4 is 12.3 Å². The zero-order chi connectivity index (χ0) is 14.3. The summed E-state index contributed by atoms with van der Waals surface area (Å²) in [6.45, 7) is 9.10. The molecule has 0 atom stereocenters. The van der Waals surface area contributed by atoms with Gasteiger partial charge in [-0.3, -0.25) is 9.59 Å². The van der Waals surface area contributed by atoms with E-state index in [4.69, 9.17) is 0 Å². The molecule has 0 N–H and O–H groups in total. The number of likely N-dealkylation sites (N-methyl/N-ethyl adjacent to an activating group) is 1. The third kappa shape index (κ3) is 4.49. The molecular formula is C14H27N3O2. The Labute approximate surface area is 116 Å². The van der Waals surface area contributed by atoms with Crippen LogP contribution in [0.2, 0.25) is 0 Å². The average Bonchev–Trinajstić information content (AvgIpc) is 2.49. The van der Waals surface area contributed by atoms with Gasteiger partial charge in [0.15, 0.2) is 0 Å². The Morgan fingerprint density at radius 2 is 1.53 bits per heavy atom. The number of hydrogen-bond donors (Lipinski definition) is 0. The molecule has 2 aliphatic rings. The standard InChI is InChI=1S/C12H21N3O2.C2H6/c1-13-6-8-15(9-7-13)12(17)11-2-4-14(10-16)5-3-11;1-2/h10-11H,2-9H2,1H3;1-2H3. The molecule has 2 amide bonds. The molecule has 2 saturated heterocycles. The van der Waals surface area contributed by atoms with Gasteiger partial charge in [0.05, 0.1) is 0 Å². The highest BCUT2D eigenvalue weighted by atomic mass is 16.2. The fraction of sp³-hybridized carbons (Fsp3) is 0.857. The minimum atomic E-state index is 0.134. The quantitative estimate of drug-likeness (QED) is 0.692. The third-order valence-electron chi connectivity index (χ3n) is 3.84.